The SMILES string of the molecule is O=C(Nc1cnc(OCC(F)(F)F)nc1)c1ccc2c(c1)-c1cncn1CCO2. The van der Waals surface area contributed by atoms with Crippen molar-refractivity contribution in [1.82, 2.24) is 19.5 Å². The van der Waals surface area contributed by atoms with Crippen LogP contribution in [0.3, 0.4) is 0 Å². The fraction of sp³-hybridized carbons (Fsp3) is 0.222. The number of anilines is 1. The number of benzene rings is 1. The van der Waals surface area contributed by atoms with Gasteiger partial charge in [-0.05, 0) is 18.2 Å². The number of carbonyl (C=O) groups excluding carboxylic acids is 1. The van der Waals surface area contributed by atoms with Crippen molar-refractivity contribution in [3.05, 3.63) is 48.7 Å². The summed E-state index contributed by atoms with van der Waals surface area (Å²) in [6, 6.07) is 4.57. The van der Waals surface area contributed by atoms with Crippen molar-refractivity contribution < 1.29 is 27.4 Å². The van der Waals surface area contributed by atoms with Gasteiger partial charge in [0, 0.05) is 11.1 Å². The predicted octanol–water partition coefficient (Wildman–Crippen LogP) is 2.93. The molecule has 1 aromatic carbocycles. The van der Waals surface area contributed by atoms with E-state index in [1.807, 2.05) is 4.57 Å². The van der Waals surface area contributed by atoms with Crippen LogP contribution in [0.1, 0.15) is 10.4 Å². The third kappa shape index (κ3) is 4.28. The standard InChI is InChI=1S/C18H14F3N5O3/c19-18(20,21)9-29-17-23-6-12(7-24-17)25-16(27)11-1-2-15-13(5-11)14-8-22-10-26(14)3-4-28-15/h1-2,5-8,10H,3-4,9H2,(H,25,27). The van der Waals surface area contributed by atoms with Crippen LogP contribution in [0.25, 0.3) is 11.3 Å². The minimum atomic E-state index is -4.49. The topological polar surface area (TPSA) is 91.2 Å². The van der Waals surface area contributed by atoms with Gasteiger partial charge in [0.05, 0.1) is 42.8 Å². The van der Waals surface area contributed by atoms with Gasteiger partial charge < -0.3 is 19.4 Å². The van der Waals surface area contributed by atoms with Gasteiger partial charge in [0.15, 0.2) is 6.61 Å². The molecular formula is C18H14F3N5O3. The maximum absolute atomic E-state index is 12.6. The van der Waals surface area contributed by atoms with Crippen LogP contribution in [0, 0.1) is 0 Å². The van der Waals surface area contributed by atoms with E-state index in [1.165, 1.54) is 0 Å². The Kier molecular flexibility index (Phi) is 4.79. The number of rotatable bonds is 4. The van der Waals surface area contributed by atoms with Crippen LogP contribution in [0.15, 0.2) is 43.1 Å². The van der Waals surface area contributed by atoms with Crippen LogP contribution in [-0.2, 0) is 6.54 Å². The number of halogens is 3. The Morgan fingerprint density at radius 2 is 2.03 bits per heavy atom. The van der Waals surface area contributed by atoms with Crippen molar-refractivity contribution in [2.45, 2.75) is 12.7 Å². The molecule has 4 rings (SSSR count). The molecule has 0 atom stereocenters. The van der Waals surface area contributed by atoms with E-state index in [4.69, 9.17) is 4.74 Å². The molecule has 11 heteroatoms. The van der Waals surface area contributed by atoms with E-state index in [9.17, 15) is 18.0 Å². The summed E-state index contributed by atoms with van der Waals surface area (Å²) in [5.74, 6) is 0.214. The molecular weight excluding hydrogens is 391 g/mol. The number of hydrogen-bond donors (Lipinski definition) is 1. The van der Waals surface area contributed by atoms with E-state index < -0.39 is 24.7 Å². The number of aromatic nitrogens is 4. The third-order valence-electron chi connectivity index (χ3n) is 4.07. The Morgan fingerprint density at radius 1 is 1.24 bits per heavy atom. The molecule has 0 radical (unpaired) electrons. The number of alkyl halides is 3. The molecule has 29 heavy (non-hydrogen) atoms. The minimum absolute atomic E-state index is 0.214. The van der Waals surface area contributed by atoms with Crippen molar-refractivity contribution >= 4 is 11.6 Å². The van der Waals surface area contributed by atoms with Gasteiger partial charge >= 0.3 is 12.2 Å². The first kappa shape index (κ1) is 18.7. The number of amides is 1. The first-order valence-corrected chi connectivity index (χ1v) is 8.49. The number of fused-ring (bicyclic) bond motifs is 3. The number of nitrogens with zero attached hydrogens (tertiary/aromatic N) is 4. The van der Waals surface area contributed by atoms with E-state index >= 15 is 0 Å². The Balaban J connectivity index is 1.49. The minimum Gasteiger partial charge on any atom is -0.491 e. The molecule has 1 N–H and O–H groups in total. The van der Waals surface area contributed by atoms with Crippen molar-refractivity contribution in [3.8, 4) is 23.0 Å². The molecule has 0 saturated heterocycles. The Labute approximate surface area is 162 Å². The van der Waals surface area contributed by atoms with Gasteiger partial charge in [0.25, 0.3) is 5.91 Å². The molecule has 0 aliphatic carbocycles. The average molecular weight is 405 g/mol. The molecule has 1 aliphatic heterocycles. The zero-order valence-electron chi connectivity index (χ0n) is 14.8. The number of imidazole rings is 1. The summed E-state index contributed by atoms with van der Waals surface area (Å²) in [6.45, 7) is -0.361. The zero-order chi connectivity index (χ0) is 20.4. The van der Waals surface area contributed by atoms with E-state index in [-0.39, 0.29) is 5.69 Å². The quantitative estimate of drug-likeness (QED) is 0.718. The van der Waals surface area contributed by atoms with E-state index in [1.54, 1.807) is 30.7 Å². The molecule has 0 unspecified atom stereocenters. The molecule has 0 fully saturated rings. The second kappa shape index (κ2) is 7.41. The fourth-order valence-electron chi connectivity index (χ4n) is 2.78. The van der Waals surface area contributed by atoms with Gasteiger partial charge in [-0.2, -0.15) is 13.2 Å². The normalized spacial score (nSPS) is 12.9. The fourth-order valence-corrected chi connectivity index (χ4v) is 2.78. The summed E-state index contributed by atoms with van der Waals surface area (Å²) in [6.07, 6.45) is 1.24. The summed E-state index contributed by atoms with van der Waals surface area (Å²) in [5, 5.41) is 2.59. The highest BCUT2D eigenvalue weighted by Gasteiger charge is 2.29. The molecule has 1 amide bonds. The van der Waals surface area contributed by atoms with E-state index in [2.05, 4.69) is 25.0 Å². The Hall–Kier alpha value is -3.63. The lowest BCUT2D eigenvalue weighted by molar-refractivity contribution is -0.154. The van der Waals surface area contributed by atoms with Crippen molar-refractivity contribution in [2.24, 2.45) is 0 Å². The Bertz CT molecular complexity index is 1030. The lowest BCUT2D eigenvalue weighted by atomic mass is 10.1. The second-order valence-electron chi connectivity index (χ2n) is 6.14. The highest BCUT2D eigenvalue weighted by Crippen LogP contribution is 2.33. The number of ether oxygens (including phenoxy) is 2. The van der Waals surface area contributed by atoms with Gasteiger partial charge in [-0.15, -0.1) is 0 Å². The van der Waals surface area contributed by atoms with Crippen molar-refractivity contribution in [2.75, 3.05) is 18.5 Å². The van der Waals surface area contributed by atoms with Crippen LogP contribution in [0.4, 0.5) is 18.9 Å². The summed E-state index contributed by atoms with van der Waals surface area (Å²) < 4.78 is 48.5. The summed E-state index contributed by atoms with van der Waals surface area (Å²) >= 11 is 0. The molecule has 8 nitrogen and oxygen atoms in total. The lowest BCUT2D eigenvalue weighted by Gasteiger charge is -2.10. The highest BCUT2D eigenvalue weighted by molar-refractivity contribution is 6.05. The predicted molar refractivity (Wildman–Crippen MR) is 94.7 cm³/mol. The van der Waals surface area contributed by atoms with Gasteiger partial charge in [-0.3, -0.25) is 4.79 Å². The number of nitrogens with one attached hydrogen (secondary N) is 1. The van der Waals surface area contributed by atoms with Gasteiger partial charge in [-0.25, -0.2) is 15.0 Å². The van der Waals surface area contributed by atoms with Crippen molar-refractivity contribution in [1.29, 1.82) is 0 Å². The molecule has 1 aliphatic rings. The smallest absolute Gasteiger partial charge is 0.422 e. The second-order valence-corrected chi connectivity index (χ2v) is 6.14. The first-order chi connectivity index (χ1) is 13.9. The molecule has 0 saturated carbocycles. The maximum atomic E-state index is 12.6. The Morgan fingerprint density at radius 3 is 2.79 bits per heavy atom. The van der Waals surface area contributed by atoms with Crippen LogP contribution in [0.5, 0.6) is 11.8 Å². The molecule has 0 bridgehead atoms. The maximum Gasteiger partial charge on any atom is 0.422 e. The third-order valence-corrected chi connectivity index (χ3v) is 4.07. The lowest BCUT2D eigenvalue weighted by Crippen LogP contribution is -2.20. The van der Waals surface area contributed by atoms with Crippen LogP contribution < -0.4 is 14.8 Å². The van der Waals surface area contributed by atoms with Gasteiger partial charge in [0.1, 0.15) is 12.4 Å². The molecule has 0 spiro atoms. The molecule has 3 aromatic rings. The van der Waals surface area contributed by atoms with Crippen LogP contribution in [0.2, 0.25) is 0 Å². The van der Waals surface area contributed by atoms with Gasteiger partial charge in [-0.1, -0.05) is 0 Å². The van der Waals surface area contributed by atoms with Crippen LogP contribution in [-0.4, -0.2) is 44.8 Å². The molecule has 3 heterocycles. The van der Waals surface area contributed by atoms with Crippen LogP contribution >= 0.6 is 0 Å². The summed E-state index contributed by atoms with van der Waals surface area (Å²) in [4.78, 5) is 24.0. The van der Waals surface area contributed by atoms with E-state index in [0.29, 0.717) is 24.5 Å². The van der Waals surface area contributed by atoms with Gasteiger partial charge in [0.2, 0.25) is 0 Å². The monoisotopic (exact) mass is 405 g/mol. The first-order valence-electron chi connectivity index (χ1n) is 8.49. The summed E-state index contributed by atoms with van der Waals surface area (Å²) in [5.41, 5.74) is 2.14. The highest BCUT2D eigenvalue weighted by atomic mass is 19.4. The summed E-state index contributed by atoms with van der Waals surface area (Å²) in [7, 11) is 0. The number of hydrogen-bond acceptors (Lipinski definition) is 6. The van der Waals surface area contributed by atoms with Crippen molar-refractivity contribution in [3.63, 3.8) is 0 Å². The van der Waals surface area contributed by atoms with E-state index in [0.717, 1.165) is 23.7 Å². The number of carbonyl (C=O) groups is 1. The largest absolute Gasteiger partial charge is 0.491 e. The molecule has 150 valence electrons. The molecule has 2 aromatic heterocycles. The average Bonchev–Trinajstić information content (AvgIpc) is 3.08. The zero-order valence-corrected chi connectivity index (χ0v) is 14.8.